The van der Waals surface area contributed by atoms with Crippen molar-refractivity contribution in [3.05, 3.63) is 41.6 Å². The summed E-state index contributed by atoms with van der Waals surface area (Å²) in [5.41, 5.74) is 1.02. The van der Waals surface area contributed by atoms with E-state index >= 15 is 0 Å². The molecule has 2 rings (SSSR count). The van der Waals surface area contributed by atoms with E-state index in [9.17, 15) is 13.2 Å². The Morgan fingerprint density at radius 3 is 2.48 bits per heavy atom. The summed E-state index contributed by atoms with van der Waals surface area (Å²) in [7, 11) is 1.75. The third kappa shape index (κ3) is 5.58. The van der Waals surface area contributed by atoms with E-state index in [0.717, 1.165) is 43.1 Å². The number of hydrogen-bond donors (Lipinski definition) is 0. The van der Waals surface area contributed by atoms with E-state index in [-0.39, 0.29) is 12.6 Å². The van der Waals surface area contributed by atoms with Crippen LogP contribution in [0.25, 0.3) is 0 Å². The van der Waals surface area contributed by atoms with Gasteiger partial charge in [0.15, 0.2) is 0 Å². The van der Waals surface area contributed by atoms with Gasteiger partial charge in [-0.3, -0.25) is 0 Å². The molecule has 1 aromatic carbocycles. The second kappa shape index (κ2) is 9.58. The lowest BCUT2D eigenvalue weighted by molar-refractivity contribution is -0.139. The molecule has 1 heterocycles. The number of nitrogens with zero attached hydrogens (tertiary/aromatic N) is 3. The highest BCUT2D eigenvalue weighted by molar-refractivity contribution is 5.61. The Morgan fingerprint density at radius 2 is 1.81 bits per heavy atom. The summed E-state index contributed by atoms with van der Waals surface area (Å²) >= 11 is 0. The van der Waals surface area contributed by atoms with E-state index in [4.69, 9.17) is 4.74 Å². The molecule has 0 saturated heterocycles. The van der Waals surface area contributed by atoms with Crippen molar-refractivity contribution in [3.8, 4) is 5.88 Å². The van der Waals surface area contributed by atoms with Gasteiger partial charge in [-0.15, -0.1) is 0 Å². The third-order valence-electron chi connectivity index (χ3n) is 4.21. The van der Waals surface area contributed by atoms with Crippen LogP contribution in [-0.2, 0) is 12.6 Å². The van der Waals surface area contributed by atoms with Gasteiger partial charge in [-0.05, 0) is 24.5 Å². The second-order valence-corrected chi connectivity index (χ2v) is 6.38. The molecule has 0 radical (unpaired) electrons. The molecule has 0 aliphatic carbocycles. The molecule has 148 valence electrons. The first-order valence-electron chi connectivity index (χ1n) is 9.27. The standard InChI is InChI=1S/C20H26F3N3O/c1-4-6-9-13-27-18-16(20(21,22)23)14-24-19(25-18)26(3)17-12-8-7-11-15(17)10-5-2/h7-8,11-12,14H,4-6,9-10,13H2,1-3H3. The van der Waals surface area contributed by atoms with Crippen LogP contribution in [0.1, 0.15) is 50.7 Å². The van der Waals surface area contributed by atoms with E-state index in [1.165, 1.54) is 0 Å². The Morgan fingerprint density at radius 1 is 1.07 bits per heavy atom. The van der Waals surface area contributed by atoms with Crippen molar-refractivity contribution in [2.24, 2.45) is 0 Å². The summed E-state index contributed by atoms with van der Waals surface area (Å²) in [4.78, 5) is 9.73. The quantitative estimate of drug-likeness (QED) is 0.516. The molecule has 0 saturated carbocycles. The first kappa shape index (κ1) is 21.0. The number of halogens is 3. The summed E-state index contributed by atoms with van der Waals surface area (Å²) in [5.74, 6) is -0.236. The lowest BCUT2D eigenvalue weighted by Crippen LogP contribution is -2.18. The van der Waals surface area contributed by atoms with Gasteiger partial charge < -0.3 is 9.64 Å². The predicted molar refractivity (Wildman–Crippen MR) is 101 cm³/mol. The van der Waals surface area contributed by atoms with E-state index in [2.05, 4.69) is 16.9 Å². The molecule has 0 unspecified atom stereocenters. The number of para-hydroxylation sites is 1. The first-order chi connectivity index (χ1) is 12.9. The molecule has 0 atom stereocenters. The molecule has 0 N–H and O–H groups in total. The monoisotopic (exact) mass is 381 g/mol. The van der Waals surface area contributed by atoms with E-state index in [1.54, 1.807) is 11.9 Å². The number of alkyl halides is 3. The van der Waals surface area contributed by atoms with E-state index in [0.29, 0.717) is 6.42 Å². The van der Waals surface area contributed by atoms with Crippen molar-refractivity contribution in [1.82, 2.24) is 9.97 Å². The molecular formula is C20H26F3N3O. The van der Waals surface area contributed by atoms with Gasteiger partial charge in [-0.2, -0.15) is 18.2 Å². The van der Waals surface area contributed by atoms with Gasteiger partial charge in [-0.1, -0.05) is 51.3 Å². The molecule has 1 aromatic heterocycles. The topological polar surface area (TPSA) is 38.2 Å². The smallest absolute Gasteiger partial charge is 0.423 e. The van der Waals surface area contributed by atoms with Gasteiger partial charge in [0.05, 0.1) is 6.61 Å². The molecule has 0 aliphatic heterocycles. The molecule has 2 aromatic rings. The zero-order valence-electron chi connectivity index (χ0n) is 16.0. The number of anilines is 2. The van der Waals surface area contributed by atoms with Gasteiger partial charge in [0, 0.05) is 18.9 Å². The fourth-order valence-electron chi connectivity index (χ4n) is 2.77. The van der Waals surface area contributed by atoms with Gasteiger partial charge in [0.25, 0.3) is 0 Å². The Kier molecular flexibility index (Phi) is 7.45. The van der Waals surface area contributed by atoms with Crippen LogP contribution in [0.4, 0.5) is 24.8 Å². The van der Waals surface area contributed by atoms with Crippen LogP contribution in [0.3, 0.4) is 0 Å². The zero-order chi connectivity index (χ0) is 19.9. The SMILES string of the molecule is CCCCCOc1nc(N(C)c2ccccc2CCC)ncc1C(F)(F)F. The van der Waals surface area contributed by atoms with Crippen LogP contribution in [0, 0.1) is 0 Å². The minimum Gasteiger partial charge on any atom is -0.477 e. The Hall–Kier alpha value is -2.31. The van der Waals surface area contributed by atoms with Crippen molar-refractivity contribution >= 4 is 11.6 Å². The zero-order valence-corrected chi connectivity index (χ0v) is 16.0. The van der Waals surface area contributed by atoms with Gasteiger partial charge in [-0.25, -0.2) is 4.98 Å². The minimum atomic E-state index is -4.56. The highest BCUT2D eigenvalue weighted by Crippen LogP contribution is 2.36. The van der Waals surface area contributed by atoms with Crippen LogP contribution in [-0.4, -0.2) is 23.6 Å². The lowest BCUT2D eigenvalue weighted by Gasteiger charge is -2.22. The largest absolute Gasteiger partial charge is 0.477 e. The average Bonchev–Trinajstić information content (AvgIpc) is 2.64. The van der Waals surface area contributed by atoms with Crippen LogP contribution in [0.5, 0.6) is 5.88 Å². The second-order valence-electron chi connectivity index (χ2n) is 6.38. The lowest BCUT2D eigenvalue weighted by atomic mass is 10.1. The highest BCUT2D eigenvalue weighted by Gasteiger charge is 2.36. The molecule has 0 spiro atoms. The summed E-state index contributed by atoms with van der Waals surface area (Å²) in [6.07, 6.45) is 0.604. The number of benzene rings is 1. The molecular weight excluding hydrogens is 355 g/mol. The maximum atomic E-state index is 13.3. The van der Waals surface area contributed by atoms with E-state index in [1.807, 2.05) is 31.2 Å². The highest BCUT2D eigenvalue weighted by atomic mass is 19.4. The van der Waals surface area contributed by atoms with Crippen molar-refractivity contribution in [2.45, 2.75) is 52.1 Å². The predicted octanol–water partition coefficient (Wildman–Crippen LogP) is 5.78. The van der Waals surface area contributed by atoms with Crippen molar-refractivity contribution in [1.29, 1.82) is 0 Å². The summed E-state index contributed by atoms with van der Waals surface area (Å²) in [5, 5.41) is 0. The number of ether oxygens (including phenoxy) is 1. The fraction of sp³-hybridized carbons (Fsp3) is 0.500. The fourth-order valence-corrected chi connectivity index (χ4v) is 2.77. The number of rotatable bonds is 9. The molecule has 27 heavy (non-hydrogen) atoms. The van der Waals surface area contributed by atoms with Gasteiger partial charge in [0.1, 0.15) is 5.56 Å². The summed E-state index contributed by atoms with van der Waals surface area (Å²) in [6, 6.07) is 7.74. The normalized spacial score (nSPS) is 11.5. The number of aryl methyl sites for hydroxylation is 1. The summed E-state index contributed by atoms with van der Waals surface area (Å²) < 4.78 is 45.2. The molecule has 0 bridgehead atoms. The number of unbranched alkanes of at least 4 members (excludes halogenated alkanes) is 2. The van der Waals surface area contributed by atoms with E-state index < -0.39 is 17.6 Å². The Bertz CT molecular complexity index is 735. The maximum Gasteiger partial charge on any atom is 0.423 e. The Labute approximate surface area is 158 Å². The minimum absolute atomic E-state index is 0.178. The Balaban J connectivity index is 2.34. The first-order valence-corrected chi connectivity index (χ1v) is 9.27. The maximum absolute atomic E-state index is 13.3. The molecule has 0 amide bonds. The van der Waals surface area contributed by atoms with Crippen LogP contribution >= 0.6 is 0 Å². The number of aromatic nitrogens is 2. The average molecular weight is 381 g/mol. The summed E-state index contributed by atoms with van der Waals surface area (Å²) in [6.45, 7) is 4.30. The van der Waals surface area contributed by atoms with Gasteiger partial charge in [0.2, 0.25) is 11.8 Å². The molecule has 4 nitrogen and oxygen atoms in total. The van der Waals surface area contributed by atoms with Crippen LogP contribution < -0.4 is 9.64 Å². The van der Waals surface area contributed by atoms with Crippen LogP contribution in [0.15, 0.2) is 30.5 Å². The van der Waals surface area contributed by atoms with Crippen molar-refractivity contribution in [3.63, 3.8) is 0 Å². The third-order valence-corrected chi connectivity index (χ3v) is 4.21. The van der Waals surface area contributed by atoms with Gasteiger partial charge >= 0.3 is 6.18 Å². The molecule has 0 fully saturated rings. The molecule has 0 aliphatic rings. The number of hydrogen-bond acceptors (Lipinski definition) is 4. The van der Waals surface area contributed by atoms with Crippen molar-refractivity contribution < 1.29 is 17.9 Å². The van der Waals surface area contributed by atoms with Crippen LogP contribution in [0.2, 0.25) is 0 Å². The molecule has 7 heteroatoms. The van der Waals surface area contributed by atoms with Crippen molar-refractivity contribution in [2.75, 3.05) is 18.6 Å².